The molecule has 0 spiro atoms. The van der Waals surface area contributed by atoms with E-state index in [1.165, 1.54) is 0 Å². The fraction of sp³-hybridized carbons (Fsp3) is 0.125. The Hall–Kier alpha value is -2.82. The third-order valence-corrected chi connectivity index (χ3v) is 3.71. The molecule has 0 radical (unpaired) electrons. The summed E-state index contributed by atoms with van der Waals surface area (Å²) in [4.78, 5) is 24.9. The molecule has 0 bridgehead atoms. The summed E-state index contributed by atoms with van der Waals surface area (Å²) in [5, 5.41) is 28.9. The summed E-state index contributed by atoms with van der Waals surface area (Å²) in [6.45, 7) is 1.93. The number of aryl methyl sites for hydroxylation is 1. The van der Waals surface area contributed by atoms with Crippen LogP contribution in [0.15, 0.2) is 24.3 Å². The van der Waals surface area contributed by atoms with Gasteiger partial charge in [0.2, 0.25) is 5.75 Å². The topological polar surface area (TPSA) is 94.8 Å². The number of ketones is 2. The first-order valence-electron chi connectivity index (χ1n) is 6.46. The first-order chi connectivity index (χ1) is 9.95. The van der Waals surface area contributed by atoms with Crippen LogP contribution in [-0.2, 0) is 6.42 Å². The molecule has 2 aromatic carbocycles. The van der Waals surface area contributed by atoms with Crippen molar-refractivity contribution in [3.05, 3.63) is 52.1 Å². The minimum absolute atomic E-state index is 0.103. The highest BCUT2D eigenvalue weighted by molar-refractivity contribution is 6.29. The summed E-state index contributed by atoms with van der Waals surface area (Å²) in [7, 11) is 0. The second kappa shape index (κ2) is 4.34. The molecule has 21 heavy (non-hydrogen) atoms. The van der Waals surface area contributed by atoms with Crippen molar-refractivity contribution in [3.63, 3.8) is 0 Å². The van der Waals surface area contributed by atoms with Gasteiger partial charge in [-0.15, -0.1) is 0 Å². The maximum absolute atomic E-state index is 12.5. The van der Waals surface area contributed by atoms with Gasteiger partial charge in [-0.3, -0.25) is 9.59 Å². The van der Waals surface area contributed by atoms with E-state index in [1.54, 1.807) is 18.2 Å². The van der Waals surface area contributed by atoms with Crippen LogP contribution in [0, 0.1) is 0 Å². The molecule has 0 amide bonds. The van der Waals surface area contributed by atoms with Gasteiger partial charge in [0, 0.05) is 16.7 Å². The monoisotopic (exact) mass is 284 g/mol. The molecule has 1 aliphatic rings. The minimum Gasteiger partial charge on any atom is -0.504 e. The van der Waals surface area contributed by atoms with Gasteiger partial charge in [-0.25, -0.2) is 0 Å². The Morgan fingerprint density at radius 2 is 1.57 bits per heavy atom. The van der Waals surface area contributed by atoms with E-state index in [2.05, 4.69) is 0 Å². The molecule has 5 heteroatoms. The zero-order valence-corrected chi connectivity index (χ0v) is 11.2. The lowest BCUT2D eigenvalue weighted by molar-refractivity contribution is 0.0975. The van der Waals surface area contributed by atoms with E-state index in [9.17, 15) is 24.9 Å². The van der Waals surface area contributed by atoms with Gasteiger partial charge in [0.05, 0.1) is 5.56 Å². The third-order valence-electron chi connectivity index (χ3n) is 3.71. The van der Waals surface area contributed by atoms with Crippen LogP contribution in [0.1, 0.15) is 44.3 Å². The molecule has 2 aromatic rings. The number of benzene rings is 2. The fourth-order valence-electron chi connectivity index (χ4n) is 2.53. The lowest BCUT2D eigenvalue weighted by Crippen LogP contribution is -2.21. The summed E-state index contributed by atoms with van der Waals surface area (Å²) in [6, 6.07) is 5.93. The van der Waals surface area contributed by atoms with Gasteiger partial charge in [0.15, 0.2) is 23.1 Å². The first kappa shape index (κ1) is 13.2. The molecule has 0 aromatic heterocycles. The standard InChI is InChI=1S/C16H12O5/c1-2-7-3-4-8-9(5-7)13(18)10-6-11(17)15(20)16(21)12(10)14(8)19/h3-6,17,20-21H,2H2,1H3. The van der Waals surface area contributed by atoms with Crippen molar-refractivity contribution in [2.24, 2.45) is 0 Å². The molecule has 0 fully saturated rings. The van der Waals surface area contributed by atoms with E-state index >= 15 is 0 Å². The van der Waals surface area contributed by atoms with Crippen LogP contribution in [0.2, 0.25) is 0 Å². The van der Waals surface area contributed by atoms with Gasteiger partial charge >= 0.3 is 0 Å². The second-order valence-electron chi connectivity index (χ2n) is 4.91. The van der Waals surface area contributed by atoms with Crippen LogP contribution < -0.4 is 0 Å². The van der Waals surface area contributed by atoms with E-state index in [-0.39, 0.29) is 22.3 Å². The molecular weight excluding hydrogens is 272 g/mol. The number of hydrogen-bond acceptors (Lipinski definition) is 5. The lowest BCUT2D eigenvalue weighted by atomic mass is 9.82. The van der Waals surface area contributed by atoms with Crippen LogP contribution in [0.5, 0.6) is 17.2 Å². The quantitative estimate of drug-likeness (QED) is 0.595. The highest BCUT2D eigenvalue weighted by Gasteiger charge is 2.34. The van der Waals surface area contributed by atoms with Gasteiger partial charge in [0.25, 0.3) is 0 Å². The molecule has 0 saturated heterocycles. The Morgan fingerprint density at radius 1 is 0.857 bits per heavy atom. The number of aromatic hydroxyl groups is 3. The van der Waals surface area contributed by atoms with Crippen LogP contribution in [-0.4, -0.2) is 26.9 Å². The number of carbonyl (C=O) groups is 2. The van der Waals surface area contributed by atoms with E-state index in [0.717, 1.165) is 11.6 Å². The molecule has 106 valence electrons. The van der Waals surface area contributed by atoms with Crippen LogP contribution in [0.25, 0.3) is 0 Å². The number of phenolic OH excluding ortho intramolecular Hbond substituents is 3. The van der Waals surface area contributed by atoms with E-state index in [4.69, 9.17) is 0 Å². The number of rotatable bonds is 1. The van der Waals surface area contributed by atoms with Gasteiger partial charge in [-0.2, -0.15) is 0 Å². The smallest absolute Gasteiger partial charge is 0.201 e. The van der Waals surface area contributed by atoms with Crippen molar-refractivity contribution in [3.8, 4) is 17.2 Å². The maximum atomic E-state index is 12.5. The maximum Gasteiger partial charge on any atom is 0.201 e. The van der Waals surface area contributed by atoms with Crippen molar-refractivity contribution in [2.45, 2.75) is 13.3 Å². The predicted octanol–water partition coefficient (Wildman–Crippen LogP) is 2.14. The molecular formula is C16H12O5. The van der Waals surface area contributed by atoms with Crippen molar-refractivity contribution in [2.75, 3.05) is 0 Å². The van der Waals surface area contributed by atoms with Crippen molar-refractivity contribution in [1.82, 2.24) is 0 Å². The average molecular weight is 284 g/mol. The summed E-state index contributed by atoms with van der Waals surface area (Å²) in [5.74, 6) is -3.21. The number of fused-ring (bicyclic) bond motifs is 2. The van der Waals surface area contributed by atoms with E-state index in [0.29, 0.717) is 6.42 Å². The average Bonchev–Trinajstić information content (AvgIpc) is 2.49. The summed E-state index contributed by atoms with van der Waals surface area (Å²) in [6.07, 6.45) is 0.716. The Bertz CT molecular complexity index is 805. The molecule has 0 atom stereocenters. The molecule has 0 unspecified atom stereocenters. The van der Waals surface area contributed by atoms with Crippen LogP contribution in [0.4, 0.5) is 0 Å². The fourth-order valence-corrected chi connectivity index (χ4v) is 2.53. The molecule has 3 rings (SSSR count). The van der Waals surface area contributed by atoms with Crippen molar-refractivity contribution < 1.29 is 24.9 Å². The number of phenols is 3. The number of hydrogen-bond donors (Lipinski definition) is 3. The molecule has 0 saturated carbocycles. The van der Waals surface area contributed by atoms with Crippen molar-refractivity contribution in [1.29, 1.82) is 0 Å². The second-order valence-corrected chi connectivity index (χ2v) is 4.91. The van der Waals surface area contributed by atoms with Gasteiger partial charge < -0.3 is 15.3 Å². The predicted molar refractivity (Wildman–Crippen MR) is 74.1 cm³/mol. The summed E-state index contributed by atoms with van der Waals surface area (Å²) < 4.78 is 0. The normalized spacial score (nSPS) is 13.0. The van der Waals surface area contributed by atoms with Crippen molar-refractivity contribution >= 4 is 11.6 Å². The van der Waals surface area contributed by atoms with Gasteiger partial charge in [0.1, 0.15) is 0 Å². The highest BCUT2D eigenvalue weighted by Crippen LogP contribution is 2.43. The van der Waals surface area contributed by atoms with E-state index < -0.39 is 28.8 Å². The third kappa shape index (κ3) is 1.71. The minimum atomic E-state index is -0.802. The zero-order chi connectivity index (χ0) is 15.3. The Labute approximate surface area is 120 Å². The van der Waals surface area contributed by atoms with Crippen LogP contribution >= 0.6 is 0 Å². The van der Waals surface area contributed by atoms with E-state index in [1.807, 2.05) is 6.92 Å². The van der Waals surface area contributed by atoms with Gasteiger partial charge in [-0.05, 0) is 24.1 Å². The zero-order valence-electron chi connectivity index (χ0n) is 11.2. The summed E-state index contributed by atoms with van der Waals surface area (Å²) >= 11 is 0. The first-order valence-corrected chi connectivity index (χ1v) is 6.46. The lowest BCUT2D eigenvalue weighted by Gasteiger charge is -2.19. The molecule has 0 heterocycles. The molecule has 1 aliphatic carbocycles. The van der Waals surface area contributed by atoms with Gasteiger partial charge in [-0.1, -0.05) is 19.1 Å². The highest BCUT2D eigenvalue weighted by atomic mass is 16.3. The molecule has 0 aliphatic heterocycles. The summed E-state index contributed by atoms with van der Waals surface area (Å²) in [5.41, 5.74) is 0.965. The van der Waals surface area contributed by atoms with Crippen LogP contribution in [0.3, 0.4) is 0 Å². The SMILES string of the molecule is CCc1ccc2c(c1)C(=O)c1cc(O)c(O)c(O)c1C2=O. The molecule has 5 nitrogen and oxygen atoms in total. The molecule has 3 N–H and O–H groups in total. The Balaban J connectivity index is 2.33. The number of carbonyl (C=O) groups excluding carboxylic acids is 2. The Morgan fingerprint density at radius 3 is 2.24 bits per heavy atom. The Kier molecular flexibility index (Phi) is 2.73. The largest absolute Gasteiger partial charge is 0.504 e.